The van der Waals surface area contributed by atoms with Crippen LogP contribution >= 0.6 is 47.8 Å². The first-order valence-corrected chi connectivity index (χ1v) is 7.12. The van der Waals surface area contributed by atoms with Gasteiger partial charge in [-0.05, 0) is 12.0 Å². The van der Waals surface area contributed by atoms with Gasteiger partial charge >= 0.3 is 5.97 Å². The van der Waals surface area contributed by atoms with Crippen molar-refractivity contribution in [3.05, 3.63) is 35.9 Å². The van der Waals surface area contributed by atoms with Crippen LogP contribution in [0.15, 0.2) is 30.3 Å². The summed E-state index contributed by atoms with van der Waals surface area (Å²) in [7, 11) is 0. The summed E-state index contributed by atoms with van der Waals surface area (Å²) in [5.74, 6) is -0.734. The van der Waals surface area contributed by atoms with Gasteiger partial charge in [0, 0.05) is 12.3 Å². The summed E-state index contributed by atoms with van der Waals surface area (Å²) in [6.45, 7) is 0. The van der Waals surface area contributed by atoms with E-state index in [9.17, 15) is 4.79 Å². The highest BCUT2D eigenvalue weighted by atomic mass is 80.0. The fraction of sp³-hybridized carbons (Fsp3) is 0.364. The molecular formula is C11H11Br3O2. The molecule has 1 atom stereocenters. The first-order chi connectivity index (χ1) is 7.41. The molecule has 1 unspecified atom stereocenters. The Balaban J connectivity index is 2.84. The van der Waals surface area contributed by atoms with Crippen LogP contribution in [0.25, 0.3) is 0 Å². The fourth-order valence-corrected chi connectivity index (χ4v) is 2.95. The van der Waals surface area contributed by atoms with Crippen LogP contribution in [0.2, 0.25) is 0 Å². The molecule has 1 aromatic rings. The molecule has 0 aliphatic carbocycles. The Labute approximate surface area is 120 Å². The normalized spacial score (nSPS) is 13.4. The van der Waals surface area contributed by atoms with E-state index < -0.39 is 8.11 Å². The lowest BCUT2D eigenvalue weighted by Gasteiger charge is -2.25. The van der Waals surface area contributed by atoms with Crippen LogP contribution in [0.5, 0.6) is 0 Å². The molecule has 0 saturated heterocycles. The predicted molar refractivity (Wildman–Crippen MR) is 75.6 cm³/mol. The standard InChI is InChI=1S/C11H11Br3O2/c12-11(13,14)9(6-7-10(15)16)8-4-2-1-3-5-8/h1-5,9H,6-7H2,(H,15,16). The van der Waals surface area contributed by atoms with Gasteiger partial charge < -0.3 is 5.11 Å². The van der Waals surface area contributed by atoms with Gasteiger partial charge in [0.2, 0.25) is 0 Å². The molecule has 0 aliphatic rings. The maximum Gasteiger partial charge on any atom is 0.303 e. The second-order valence-electron chi connectivity index (χ2n) is 3.44. The van der Waals surface area contributed by atoms with E-state index in [1.54, 1.807) is 0 Å². The lowest BCUT2D eigenvalue weighted by molar-refractivity contribution is -0.137. The average Bonchev–Trinajstić information content (AvgIpc) is 2.17. The van der Waals surface area contributed by atoms with E-state index in [0.29, 0.717) is 6.42 Å². The number of benzene rings is 1. The molecule has 0 aromatic heterocycles. The van der Waals surface area contributed by atoms with Crippen molar-refractivity contribution in [2.75, 3.05) is 0 Å². The van der Waals surface area contributed by atoms with Crippen molar-refractivity contribution in [1.29, 1.82) is 0 Å². The Bertz CT molecular complexity index is 346. The highest BCUT2D eigenvalue weighted by molar-refractivity contribution is 9.39. The van der Waals surface area contributed by atoms with Gasteiger partial charge in [-0.15, -0.1) is 0 Å². The fourth-order valence-electron chi connectivity index (χ4n) is 1.47. The first-order valence-electron chi connectivity index (χ1n) is 4.74. The molecule has 0 aliphatic heterocycles. The van der Waals surface area contributed by atoms with Crippen molar-refractivity contribution in [3.8, 4) is 0 Å². The molecule has 88 valence electrons. The predicted octanol–water partition coefficient (Wildman–Crippen LogP) is 4.47. The maximum atomic E-state index is 10.6. The van der Waals surface area contributed by atoms with Crippen LogP contribution in [0, 0.1) is 0 Å². The van der Waals surface area contributed by atoms with E-state index in [0.717, 1.165) is 5.56 Å². The van der Waals surface area contributed by atoms with Crippen molar-refractivity contribution in [3.63, 3.8) is 0 Å². The second kappa shape index (κ2) is 6.17. The smallest absolute Gasteiger partial charge is 0.303 e. The number of carboxylic acids is 1. The Kier molecular flexibility index (Phi) is 5.47. The van der Waals surface area contributed by atoms with E-state index in [4.69, 9.17) is 5.11 Å². The molecule has 1 rings (SSSR count). The van der Waals surface area contributed by atoms with Gasteiger partial charge in [-0.25, -0.2) is 0 Å². The Morgan fingerprint density at radius 2 is 1.81 bits per heavy atom. The summed E-state index contributed by atoms with van der Waals surface area (Å²) in [5, 5.41) is 8.73. The molecule has 0 radical (unpaired) electrons. The highest BCUT2D eigenvalue weighted by Gasteiger charge is 2.32. The number of carboxylic acid groups (broad SMARTS) is 1. The monoisotopic (exact) mass is 412 g/mol. The van der Waals surface area contributed by atoms with Gasteiger partial charge in [0.25, 0.3) is 0 Å². The highest BCUT2D eigenvalue weighted by Crippen LogP contribution is 2.48. The zero-order chi connectivity index (χ0) is 12.2. The van der Waals surface area contributed by atoms with E-state index in [1.807, 2.05) is 30.3 Å². The molecule has 0 fully saturated rings. The molecule has 0 saturated carbocycles. The minimum absolute atomic E-state index is 0.0461. The topological polar surface area (TPSA) is 37.3 Å². The Hall–Kier alpha value is 0.130. The minimum atomic E-state index is -0.780. The van der Waals surface area contributed by atoms with Crippen LogP contribution in [0.4, 0.5) is 0 Å². The third-order valence-corrected chi connectivity index (χ3v) is 3.90. The van der Waals surface area contributed by atoms with Crippen LogP contribution in [-0.4, -0.2) is 13.2 Å². The number of carbonyl (C=O) groups is 1. The van der Waals surface area contributed by atoms with Crippen molar-refractivity contribution in [2.24, 2.45) is 0 Å². The van der Waals surface area contributed by atoms with Crippen molar-refractivity contribution in [1.82, 2.24) is 0 Å². The van der Waals surface area contributed by atoms with Gasteiger partial charge in [0.15, 0.2) is 0 Å². The lowest BCUT2D eigenvalue weighted by Crippen LogP contribution is -2.16. The van der Waals surface area contributed by atoms with E-state index >= 15 is 0 Å². The number of aliphatic carboxylic acids is 1. The molecule has 0 amide bonds. The van der Waals surface area contributed by atoms with Gasteiger partial charge in [-0.1, -0.05) is 78.1 Å². The first kappa shape index (κ1) is 14.2. The quantitative estimate of drug-likeness (QED) is 0.738. The Morgan fingerprint density at radius 3 is 2.25 bits per heavy atom. The van der Waals surface area contributed by atoms with E-state index in [-0.39, 0.29) is 12.3 Å². The minimum Gasteiger partial charge on any atom is -0.481 e. The average molecular weight is 415 g/mol. The number of hydrogen-bond acceptors (Lipinski definition) is 1. The zero-order valence-corrected chi connectivity index (χ0v) is 13.1. The number of alkyl halides is 3. The van der Waals surface area contributed by atoms with E-state index in [2.05, 4.69) is 47.8 Å². The molecule has 2 nitrogen and oxygen atoms in total. The largest absolute Gasteiger partial charge is 0.481 e. The SMILES string of the molecule is O=C(O)CCC(c1ccccc1)C(Br)(Br)Br. The lowest BCUT2D eigenvalue weighted by atomic mass is 9.96. The van der Waals surface area contributed by atoms with Crippen LogP contribution in [-0.2, 0) is 4.79 Å². The number of hydrogen-bond donors (Lipinski definition) is 1. The summed E-state index contributed by atoms with van der Waals surface area (Å²) in [4.78, 5) is 10.6. The third-order valence-electron chi connectivity index (χ3n) is 2.24. The Morgan fingerprint density at radius 1 is 1.25 bits per heavy atom. The molecule has 0 bridgehead atoms. The van der Waals surface area contributed by atoms with Gasteiger partial charge in [0.05, 0.1) is 0 Å². The summed E-state index contributed by atoms with van der Waals surface area (Å²) < 4.78 is -0.468. The van der Waals surface area contributed by atoms with Gasteiger partial charge in [-0.2, -0.15) is 0 Å². The van der Waals surface area contributed by atoms with Crippen LogP contribution in [0.1, 0.15) is 24.3 Å². The molecule has 16 heavy (non-hydrogen) atoms. The van der Waals surface area contributed by atoms with Crippen LogP contribution < -0.4 is 0 Å². The number of rotatable bonds is 4. The van der Waals surface area contributed by atoms with Crippen molar-refractivity contribution in [2.45, 2.75) is 20.9 Å². The summed E-state index contributed by atoms with van der Waals surface area (Å²) >= 11 is 10.4. The molecule has 1 N–H and O–H groups in total. The van der Waals surface area contributed by atoms with Crippen LogP contribution in [0.3, 0.4) is 0 Å². The van der Waals surface area contributed by atoms with E-state index in [1.165, 1.54) is 0 Å². The van der Waals surface area contributed by atoms with Gasteiger partial charge in [0.1, 0.15) is 2.14 Å². The summed E-state index contributed by atoms with van der Waals surface area (Å²) in [5.41, 5.74) is 1.09. The molecule has 0 spiro atoms. The summed E-state index contributed by atoms with van der Waals surface area (Å²) in [6.07, 6.45) is 0.700. The zero-order valence-electron chi connectivity index (χ0n) is 8.37. The van der Waals surface area contributed by atoms with Crippen molar-refractivity contribution < 1.29 is 9.90 Å². The van der Waals surface area contributed by atoms with Crippen molar-refractivity contribution >= 4 is 53.8 Å². The molecular weight excluding hydrogens is 404 g/mol. The van der Waals surface area contributed by atoms with Gasteiger partial charge in [-0.3, -0.25) is 4.79 Å². The second-order valence-corrected chi connectivity index (χ2v) is 10.4. The maximum absolute atomic E-state index is 10.6. The summed E-state index contributed by atoms with van der Waals surface area (Å²) in [6, 6.07) is 9.82. The third kappa shape index (κ3) is 4.55. The molecule has 1 aromatic carbocycles. The molecule has 0 heterocycles. The number of halogens is 3. The molecule has 5 heteroatoms.